The Labute approximate surface area is 234 Å². The van der Waals surface area contributed by atoms with Gasteiger partial charge in [0.25, 0.3) is 5.91 Å². The van der Waals surface area contributed by atoms with Gasteiger partial charge in [-0.2, -0.15) is 0 Å². The third-order valence-electron chi connectivity index (χ3n) is 7.52. The van der Waals surface area contributed by atoms with Gasteiger partial charge in [0.15, 0.2) is 6.04 Å². The number of ether oxygens (including phenoxy) is 2. The molecule has 2 N–H and O–H groups in total. The first-order chi connectivity index (χ1) is 19.0. The second-order valence-electron chi connectivity index (χ2n) is 10.2. The summed E-state index contributed by atoms with van der Waals surface area (Å²) in [5.41, 5.74) is 5.88. The quantitative estimate of drug-likeness (QED) is 0.269. The number of nitrogens with zero attached hydrogens (tertiary/aromatic N) is 1. The predicted octanol–water partition coefficient (Wildman–Crippen LogP) is 6.00. The van der Waals surface area contributed by atoms with E-state index >= 15 is 0 Å². The minimum atomic E-state index is -1.14. The van der Waals surface area contributed by atoms with Crippen LogP contribution in [-0.2, 0) is 20.9 Å². The molecule has 0 radical (unpaired) electrons. The molecule has 0 bridgehead atoms. The monoisotopic (exact) mass is 550 g/mol. The van der Waals surface area contributed by atoms with Crippen molar-refractivity contribution in [2.75, 3.05) is 13.7 Å². The molecule has 208 valence electrons. The molecule has 1 aromatic heterocycles. The van der Waals surface area contributed by atoms with E-state index in [4.69, 9.17) is 9.47 Å². The molecule has 1 amide bonds. The number of carbonyl (C=O) groups excluding carboxylic acids is 2. The van der Waals surface area contributed by atoms with Crippen LogP contribution in [0.25, 0.3) is 11.1 Å². The topological polar surface area (TPSA) is 97.8 Å². The normalized spacial score (nSPS) is 15.5. The van der Waals surface area contributed by atoms with Gasteiger partial charge >= 0.3 is 5.97 Å². The number of aromatic nitrogens is 1. The molecule has 39 heavy (non-hydrogen) atoms. The third-order valence-corrected chi connectivity index (χ3v) is 8.39. The molecule has 7 nitrogen and oxygen atoms in total. The van der Waals surface area contributed by atoms with Gasteiger partial charge in [0, 0.05) is 11.8 Å². The van der Waals surface area contributed by atoms with Gasteiger partial charge in [0.2, 0.25) is 0 Å². The first kappa shape index (κ1) is 28.9. The van der Waals surface area contributed by atoms with E-state index in [1.807, 2.05) is 55.0 Å². The molecule has 1 aliphatic rings. The highest BCUT2D eigenvalue weighted by atomic mass is 32.1. The number of rotatable bonds is 12. The summed E-state index contributed by atoms with van der Waals surface area (Å²) in [5.74, 6) is -0.383. The van der Waals surface area contributed by atoms with E-state index in [2.05, 4.69) is 10.3 Å². The van der Waals surface area contributed by atoms with Crippen LogP contribution in [0, 0.1) is 12.8 Å². The van der Waals surface area contributed by atoms with Crippen molar-refractivity contribution in [3.63, 3.8) is 0 Å². The summed E-state index contributed by atoms with van der Waals surface area (Å²) < 4.78 is 11.2. The molecule has 1 unspecified atom stereocenters. The van der Waals surface area contributed by atoms with E-state index in [0.29, 0.717) is 12.2 Å². The van der Waals surface area contributed by atoms with Crippen LogP contribution in [0.3, 0.4) is 0 Å². The van der Waals surface area contributed by atoms with E-state index in [-0.39, 0.29) is 6.10 Å². The van der Waals surface area contributed by atoms with Gasteiger partial charge in [-0.3, -0.25) is 9.78 Å². The van der Waals surface area contributed by atoms with Crippen LogP contribution in [-0.4, -0.2) is 41.7 Å². The number of carbonyl (C=O) groups is 2. The average molecular weight is 551 g/mol. The van der Waals surface area contributed by atoms with Crippen LogP contribution < -0.4 is 5.32 Å². The lowest BCUT2D eigenvalue weighted by atomic mass is 9.85. The highest BCUT2D eigenvalue weighted by Crippen LogP contribution is 2.34. The Morgan fingerprint density at radius 3 is 2.62 bits per heavy atom. The fourth-order valence-electron chi connectivity index (χ4n) is 5.29. The number of benzene rings is 2. The Hall–Kier alpha value is -3.07. The van der Waals surface area contributed by atoms with Gasteiger partial charge in [0.1, 0.15) is 0 Å². The van der Waals surface area contributed by atoms with E-state index in [0.717, 1.165) is 45.9 Å². The maximum Gasteiger partial charge on any atom is 0.330 e. The van der Waals surface area contributed by atoms with Crippen molar-refractivity contribution in [3.05, 3.63) is 75.7 Å². The summed E-state index contributed by atoms with van der Waals surface area (Å²) in [6.07, 6.45) is 10.6. The second-order valence-corrected chi connectivity index (χ2v) is 11.1. The first-order valence-corrected chi connectivity index (χ1v) is 14.6. The molecule has 2 atom stereocenters. The van der Waals surface area contributed by atoms with Gasteiger partial charge < -0.3 is 19.9 Å². The Morgan fingerprint density at radius 2 is 1.92 bits per heavy atom. The first-order valence-electron chi connectivity index (χ1n) is 13.7. The zero-order chi connectivity index (χ0) is 27.6. The van der Waals surface area contributed by atoms with Crippen LogP contribution in [0.15, 0.2) is 54.2 Å². The number of aliphatic hydroxyl groups excluding tert-OH is 1. The lowest BCUT2D eigenvalue weighted by Crippen LogP contribution is -2.44. The smallest absolute Gasteiger partial charge is 0.330 e. The standard InChI is InChI=1S/C31H38N2O5S/c1-21-8-6-7-11-24(21)26-16-23(12-14-25(26)30(35)33-27(18-34)31(36)37-2)19-38-28(29-17-32-20-39-29)15-13-22-9-4-3-5-10-22/h6-8,11-12,14,16-17,20,22,27-28,34H,3-5,9-10,13,15,18-19H2,1-2H3,(H,33,35)/t27-,28?/m0/s1. The second kappa shape index (κ2) is 14.4. The zero-order valence-electron chi connectivity index (χ0n) is 22.7. The van der Waals surface area contributed by atoms with Crippen molar-refractivity contribution in [3.8, 4) is 11.1 Å². The number of amides is 1. The van der Waals surface area contributed by atoms with Crippen LogP contribution in [0.5, 0.6) is 0 Å². The maximum atomic E-state index is 13.2. The molecule has 2 aromatic carbocycles. The molecule has 3 aromatic rings. The molecule has 1 aliphatic carbocycles. The zero-order valence-corrected chi connectivity index (χ0v) is 23.5. The molecule has 0 aliphatic heterocycles. The highest BCUT2D eigenvalue weighted by molar-refractivity contribution is 7.09. The SMILES string of the molecule is COC(=O)[C@H](CO)NC(=O)c1ccc(COC(CCC2CCCCC2)c2cncs2)cc1-c1ccccc1C. The van der Waals surface area contributed by atoms with Gasteiger partial charge in [0.05, 0.1) is 36.8 Å². The predicted molar refractivity (Wildman–Crippen MR) is 152 cm³/mol. The number of esters is 1. The minimum Gasteiger partial charge on any atom is -0.467 e. The molecular formula is C31H38N2O5S. The Bertz CT molecular complexity index is 1220. The van der Waals surface area contributed by atoms with Crippen LogP contribution in [0.2, 0.25) is 0 Å². The van der Waals surface area contributed by atoms with Crippen LogP contribution >= 0.6 is 11.3 Å². The summed E-state index contributed by atoms with van der Waals surface area (Å²) in [5, 5.41) is 12.2. The summed E-state index contributed by atoms with van der Waals surface area (Å²) in [4.78, 5) is 30.6. The fraction of sp³-hybridized carbons (Fsp3) is 0.452. The van der Waals surface area contributed by atoms with Gasteiger partial charge in [-0.25, -0.2) is 4.79 Å². The van der Waals surface area contributed by atoms with E-state index in [1.165, 1.54) is 39.2 Å². The summed E-state index contributed by atoms with van der Waals surface area (Å²) in [6.45, 7) is 1.84. The number of aliphatic hydroxyl groups is 1. The molecule has 1 heterocycles. The van der Waals surface area contributed by atoms with E-state index in [9.17, 15) is 14.7 Å². The largest absolute Gasteiger partial charge is 0.467 e. The van der Waals surface area contributed by atoms with Gasteiger partial charge in [-0.05, 0) is 60.1 Å². The van der Waals surface area contributed by atoms with Crippen molar-refractivity contribution in [1.82, 2.24) is 10.3 Å². The van der Waals surface area contributed by atoms with Crippen molar-refractivity contribution in [2.24, 2.45) is 5.92 Å². The molecule has 0 spiro atoms. The minimum absolute atomic E-state index is 0.0188. The average Bonchev–Trinajstić information content (AvgIpc) is 3.51. The highest BCUT2D eigenvalue weighted by Gasteiger charge is 2.24. The number of methoxy groups -OCH3 is 1. The van der Waals surface area contributed by atoms with Crippen LogP contribution in [0.1, 0.15) is 77.4 Å². The number of hydrogen-bond acceptors (Lipinski definition) is 7. The number of aryl methyl sites for hydroxylation is 1. The summed E-state index contributed by atoms with van der Waals surface area (Å²) in [7, 11) is 1.22. The lowest BCUT2D eigenvalue weighted by molar-refractivity contribution is -0.143. The molecular weight excluding hydrogens is 512 g/mol. The van der Waals surface area contributed by atoms with E-state index in [1.54, 1.807) is 17.4 Å². The third kappa shape index (κ3) is 7.75. The molecule has 1 fully saturated rings. The number of hydrogen-bond donors (Lipinski definition) is 2. The Kier molecular flexibility index (Phi) is 10.6. The molecule has 8 heteroatoms. The van der Waals surface area contributed by atoms with Gasteiger partial charge in [-0.15, -0.1) is 11.3 Å². The van der Waals surface area contributed by atoms with Crippen molar-refractivity contribution in [1.29, 1.82) is 0 Å². The van der Waals surface area contributed by atoms with E-state index < -0.39 is 24.5 Å². The van der Waals surface area contributed by atoms with Crippen molar-refractivity contribution in [2.45, 2.75) is 70.6 Å². The molecule has 0 saturated heterocycles. The van der Waals surface area contributed by atoms with Crippen molar-refractivity contribution >= 4 is 23.2 Å². The maximum absolute atomic E-state index is 13.2. The van der Waals surface area contributed by atoms with Crippen LogP contribution in [0.4, 0.5) is 0 Å². The lowest BCUT2D eigenvalue weighted by Gasteiger charge is -2.24. The van der Waals surface area contributed by atoms with Gasteiger partial charge in [-0.1, -0.05) is 62.4 Å². The van der Waals surface area contributed by atoms with Crippen molar-refractivity contribution < 1.29 is 24.2 Å². The number of nitrogens with one attached hydrogen (secondary N) is 1. The Morgan fingerprint density at radius 1 is 1.13 bits per heavy atom. The Balaban J connectivity index is 1.55. The molecule has 4 rings (SSSR count). The summed E-state index contributed by atoms with van der Waals surface area (Å²) in [6, 6.07) is 12.3. The summed E-state index contributed by atoms with van der Waals surface area (Å²) >= 11 is 1.63. The fourth-order valence-corrected chi connectivity index (χ4v) is 5.99. The number of thiazole rings is 1. The molecule has 1 saturated carbocycles.